The number of halogens is 1. The van der Waals surface area contributed by atoms with Crippen molar-refractivity contribution in [1.29, 1.82) is 0 Å². The predicted octanol–water partition coefficient (Wildman–Crippen LogP) is 4.10. The van der Waals surface area contributed by atoms with Gasteiger partial charge in [-0.25, -0.2) is 0 Å². The van der Waals surface area contributed by atoms with E-state index in [2.05, 4.69) is 46.5 Å². The Morgan fingerprint density at radius 3 is 2.72 bits per heavy atom. The molecule has 0 radical (unpaired) electrons. The molecule has 1 aromatic rings. The highest BCUT2D eigenvalue weighted by Crippen LogP contribution is 2.30. The molecule has 0 aliphatic rings. The van der Waals surface area contributed by atoms with E-state index in [4.69, 9.17) is 4.74 Å². The molecule has 0 amide bonds. The molecule has 2 nitrogen and oxygen atoms in total. The zero-order valence-corrected chi connectivity index (χ0v) is 14.0. The molecule has 0 fully saturated rings. The molecule has 1 N–H and O–H groups in total. The highest BCUT2D eigenvalue weighted by atomic mass is 79.9. The maximum absolute atomic E-state index is 5.02. The SMILES string of the molecule is COCCNCCC(C)(C)CCc1sccc1Br. The minimum absolute atomic E-state index is 0.392. The number of hydrogen-bond acceptors (Lipinski definition) is 3. The Morgan fingerprint density at radius 2 is 2.11 bits per heavy atom. The van der Waals surface area contributed by atoms with Crippen LogP contribution in [0.25, 0.3) is 0 Å². The second-order valence-corrected chi connectivity index (χ2v) is 7.20. The predicted molar refractivity (Wildman–Crippen MR) is 83.5 cm³/mol. The molecule has 0 aromatic carbocycles. The van der Waals surface area contributed by atoms with Crippen LogP contribution in [0.1, 0.15) is 31.6 Å². The lowest BCUT2D eigenvalue weighted by molar-refractivity contribution is 0.197. The highest BCUT2D eigenvalue weighted by Gasteiger charge is 2.18. The van der Waals surface area contributed by atoms with Crippen LogP contribution in [0.2, 0.25) is 0 Å². The van der Waals surface area contributed by atoms with Crippen LogP contribution in [0.15, 0.2) is 15.9 Å². The molecule has 0 saturated heterocycles. The molecular weight excluding hydrogens is 310 g/mol. The molecule has 4 heteroatoms. The Labute approximate surface area is 123 Å². The first kappa shape index (κ1) is 16.2. The third-order valence-electron chi connectivity index (χ3n) is 3.18. The van der Waals surface area contributed by atoms with E-state index in [0.717, 1.165) is 19.7 Å². The fraction of sp³-hybridized carbons (Fsp3) is 0.714. The molecule has 0 bridgehead atoms. The van der Waals surface area contributed by atoms with Gasteiger partial charge in [0.1, 0.15) is 0 Å². The third-order valence-corrected chi connectivity index (χ3v) is 5.17. The van der Waals surface area contributed by atoms with Crippen molar-refractivity contribution in [2.24, 2.45) is 5.41 Å². The summed E-state index contributed by atoms with van der Waals surface area (Å²) in [6.45, 7) is 7.52. The van der Waals surface area contributed by atoms with Crippen molar-refractivity contribution < 1.29 is 4.74 Å². The van der Waals surface area contributed by atoms with Gasteiger partial charge in [-0.05, 0) is 58.6 Å². The van der Waals surface area contributed by atoms with Gasteiger partial charge in [0.15, 0.2) is 0 Å². The Morgan fingerprint density at radius 1 is 1.33 bits per heavy atom. The highest BCUT2D eigenvalue weighted by molar-refractivity contribution is 9.10. The Bertz CT molecular complexity index is 338. The van der Waals surface area contributed by atoms with Crippen LogP contribution >= 0.6 is 27.3 Å². The van der Waals surface area contributed by atoms with Gasteiger partial charge >= 0.3 is 0 Å². The molecule has 1 aromatic heterocycles. The third kappa shape index (κ3) is 6.32. The van der Waals surface area contributed by atoms with Crippen LogP contribution in [0, 0.1) is 5.41 Å². The first-order valence-corrected chi connectivity index (χ1v) is 8.14. The molecule has 18 heavy (non-hydrogen) atoms. The molecule has 0 aliphatic heterocycles. The van der Waals surface area contributed by atoms with Crippen LogP contribution in [0.5, 0.6) is 0 Å². The largest absolute Gasteiger partial charge is 0.383 e. The Hall–Kier alpha value is 0.100. The molecule has 104 valence electrons. The Kier molecular flexibility index (Phi) is 7.46. The van der Waals surface area contributed by atoms with Gasteiger partial charge in [-0.2, -0.15) is 0 Å². The quantitative estimate of drug-likeness (QED) is 0.687. The topological polar surface area (TPSA) is 21.3 Å². The number of hydrogen-bond donors (Lipinski definition) is 1. The minimum atomic E-state index is 0.392. The fourth-order valence-corrected chi connectivity index (χ4v) is 3.36. The van der Waals surface area contributed by atoms with Gasteiger partial charge in [-0.15, -0.1) is 11.3 Å². The van der Waals surface area contributed by atoms with Gasteiger partial charge in [-0.3, -0.25) is 0 Å². The summed E-state index contributed by atoms with van der Waals surface area (Å²) in [6.07, 6.45) is 3.61. The molecule has 0 unspecified atom stereocenters. The summed E-state index contributed by atoms with van der Waals surface area (Å²) in [5.74, 6) is 0. The number of rotatable bonds is 9. The van der Waals surface area contributed by atoms with Crippen molar-refractivity contribution in [3.05, 3.63) is 20.8 Å². The minimum Gasteiger partial charge on any atom is -0.383 e. The average Bonchev–Trinajstić information content (AvgIpc) is 2.72. The molecule has 0 atom stereocenters. The maximum atomic E-state index is 5.02. The van der Waals surface area contributed by atoms with Crippen LogP contribution in [0.4, 0.5) is 0 Å². The van der Waals surface area contributed by atoms with E-state index < -0.39 is 0 Å². The lowest BCUT2D eigenvalue weighted by atomic mass is 9.84. The van der Waals surface area contributed by atoms with E-state index in [-0.39, 0.29) is 0 Å². The summed E-state index contributed by atoms with van der Waals surface area (Å²) in [4.78, 5) is 1.47. The molecule has 0 aliphatic carbocycles. The summed E-state index contributed by atoms with van der Waals surface area (Å²) >= 11 is 5.45. The van der Waals surface area contributed by atoms with Gasteiger partial charge in [0.05, 0.1) is 6.61 Å². The second kappa shape index (κ2) is 8.31. The van der Waals surface area contributed by atoms with E-state index in [0.29, 0.717) is 5.41 Å². The summed E-state index contributed by atoms with van der Waals surface area (Å²) in [6, 6.07) is 2.14. The normalized spacial score (nSPS) is 12.0. The number of ether oxygens (including phenoxy) is 1. The van der Waals surface area contributed by atoms with Crippen molar-refractivity contribution in [3.8, 4) is 0 Å². The van der Waals surface area contributed by atoms with Crippen molar-refractivity contribution in [1.82, 2.24) is 5.32 Å². The van der Waals surface area contributed by atoms with Crippen LogP contribution < -0.4 is 5.32 Å². The smallest absolute Gasteiger partial charge is 0.0587 e. The first-order chi connectivity index (χ1) is 8.55. The fourth-order valence-electron chi connectivity index (χ4n) is 1.81. The van der Waals surface area contributed by atoms with Gasteiger partial charge in [0, 0.05) is 23.0 Å². The standard InChI is InChI=1S/C14H24BrNOS/c1-14(2,7-8-16-9-10-17-3)6-4-13-12(15)5-11-18-13/h5,11,16H,4,6-10H2,1-3H3. The van der Waals surface area contributed by atoms with Crippen LogP contribution in [-0.4, -0.2) is 26.8 Å². The van der Waals surface area contributed by atoms with E-state index in [9.17, 15) is 0 Å². The van der Waals surface area contributed by atoms with Crippen LogP contribution in [-0.2, 0) is 11.2 Å². The molecule has 0 saturated carbocycles. The second-order valence-electron chi connectivity index (χ2n) is 5.35. The van der Waals surface area contributed by atoms with Gasteiger partial charge in [0.25, 0.3) is 0 Å². The average molecular weight is 334 g/mol. The Balaban J connectivity index is 2.21. The van der Waals surface area contributed by atoms with Crippen molar-refractivity contribution in [3.63, 3.8) is 0 Å². The summed E-state index contributed by atoms with van der Waals surface area (Å²) < 4.78 is 6.28. The molecule has 0 spiro atoms. The number of methoxy groups -OCH3 is 1. The summed E-state index contributed by atoms with van der Waals surface area (Å²) in [5.41, 5.74) is 0.392. The maximum Gasteiger partial charge on any atom is 0.0587 e. The van der Waals surface area contributed by atoms with E-state index in [1.807, 2.05) is 11.3 Å². The molecular formula is C14H24BrNOS. The van der Waals surface area contributed by atoms with Crippen molar-refractivity contribution >= 4 is 27.3 Å². The molecule has 1 rings (SSSR count). The van der Waals surface area contributed by atoms with Gasteiger partial charge in [0.2, 0.25) is 0 Å². The summed E-state index contributed by atoms with van der Waals surface area (Å²) in [5, 5.41) is 5.57. The number of thiophene rings is 1. The lowest BCUT2D eigenvalue weighted by Gasteiger charge is -2.24. The van der Waals surface area contributed by atoms with Crippen molar-refractivity contribution in [2.75, 3.05) is 26.8 Å². The zero-order chi connectivity index (χ0) is 13.4. The van der Waals surface area contributed by atoms with E-state index in [1.165, 1.54) is 28.6 Å². The van der Waals surface area contributed by atoms with Gasteiger partial charge in [-0.1, -0.05) is 13.8 Å². The monoisotopic (exact) mass is 333 g/mol. The number of nitrogens with one attached hydrogen (secondary N) is 1. The number of aryl methyl sites for hydroxylation is 1. The summed E-state index contributed by atoms with van der Waals surface area (Å²) in [7, 11) is 1.74. The lowest BCUT2D eigenvalue weighted by Crippen LogP contribution is -2.25. The zero-order valence-electron chi connectivity index (χ0n) is 11.6. The van der Waals surface area contributed by atoms with E-state index >= 15 is 0 Å². The van der Waals surface area contributed by atoms with Gasteiger partial charge < -0.3 is 10.1 Å². The van der Waals surface area contributed by atoms with E-state index in [1.54, 1.807) is 7.11 Å². The first-order valence-electron chi connectivity index (χ1n) is 6.47. The van der Waals surface area contributed by atoms with Crippen molar-refractivity contribution in [2.45, 2.75) is 33.1 Å². The van der Waals surface area contributed by atoms with Crippen LogP contribution in [0.3, 0.4) is 0 Å². The molecule has 1 heterocycles.